The molecule has 0 bridgehead atoms. The van der Waals surface area contributed by atoms with Gasteiger partial charge in [0.25, 0.3) is 0 Å². The lowest BCUT2D eigenvalue weighted by Gasteiger charge is -2.08. The molecule has 0 aliphatic rings. The van der Waals surface area contributed by atoms with E-state index in [1.807, 2.05) is 30.3 Å². The van der Waals surface area contributed by atoms with Crippen LogP contribution in [-0.4, -0.2) is 11.2 Å². The molecule has 3 rings (SSSR count). The van der Waals surface area contributed by atoms with Gasteiger partial charge in [-0.15, -0.1) is 0 Å². The number of halogens is 3. The van der Waals surface area contributed by atoms with Gasteiger partial charge in [0.2, 0.25) is 0 Å². The summed E-state index contributed by atoms with van der Waals surface area (Å²) in [4.78, 5) is 4.01. The fourth-order valence-corrected chi connectivity index (χ4v) is 2.20. The van der Waals surface area contributed by atoms with E-state index in [1.54, 1.807) is 30.5 Å². The van der Waals surface area contributed by atoms with E-state index >= 15 is 0 Å². The largest absolute Gasteiger partial charge is 0.416 e. The van der Waals surface area contributed by atoms with Crippen LogP contribution in [0.4, 0.5) is 18.9 Å². The molecule has 6 heteroatoms. The maximum Gasteiger partial charge on any atom is 0.416 e. The molecule has 3 aromatic rings. The number of para-hydroxylation sites is 1. The lowest BCUT2D eigenvalue weighted by atomic mass is 10.1. The molecular formula is C19H14F3N3. The maximum atomic E-state index is 12.8. The third-order valence-corrected chi connectivity index (χ3v) is 3.47. The molecule has 0 aliphatic heterocycles. The molecular weight excluding hydrogens is 327 g/mol. The topological polar surface area (TPSA) is 37.3 Å². The zero-order chi connectivity index (χ0) is 17.7. The van der Waals surface area contributed by atoms with E-state index in [1.165, 1.54) is 0 Å². The number of hydrogen-bond acceptors (Lipinski definition) is 3. The third kappa shape index (κ3) is 4.44. The van der Waals surface area contributed by atoms with Crippen LogP contribution in [0.25, 0.3) is 11.3 Å². The Morgan fingerprint density at radius 2 is 1.64 bits per heavy atom. The summed E-state index contributed by atoms with van der Waals surface area (Å²) in [6, 6.07) is 18.5. The quantitative estimate of drug-likeness (QED) is 0.522. The second-order valence-corrected chi connectivity index (χ2v) is 5.29. The number of nitrogens with zero attached hydrogens (tertiary/aromatic N) is 2. The minimum absolute atomic E-state index is 0.278. The lowest BCUT2D eigenvalue weighted by molar-refractivity contribution is -0.137. The molecule has 0 amide bonds. The predicted octanol–water partition coefficient (Wildman–Crippen LogP) is 5.21. The molecule has 25 heavy (non-hydrogen) atoms. The van der Waals surface area contributed by atoms with Crippen LogP contribution in [0.5, 0.6) is 0 Å². The number of nitrogens with one attached hydrogen (secondary N) is 1. The smallest absolute Gasteiger partial charge is 0.279 e. The van der Waals surface area contributed by atoms with Gasteiger partial charge in [-0.3, -0.25) is 10.4 Å². The molecule has 0 atom stereocenters. The highest BCUT2D eigenvalue weighted by Crippen LogP contribution is 2.31. The Bertz CT molecular complexity index is 857. The van der Waals surface area contributed by atoms with Gasteiger partial charge in [0.1, 0.15) is 0 Å². The number of hydrazone groups is 1. The van der Waals surface area contributed by atoms with Crippen molar-refractivity contribution >= 4 is 11.9 Å². The van der Waals surface area contributed by atoms with Gasteiger partial charge in [0.15, 0.2) is 0 Å². The van der Waals surface area contributed by atoms with E-state index in [4.69, 9.17) is 0 Å². The Kier molecular flexibility index (Phi) is 4.79. The summed E-state index contributed by atoms with van der Waals surface area (Å²) in [6.45, 7) is 0. The molecule has 0 spiro atoms. The number of anilines is 1. The first-order valence-corrected chi connectivity index (χ1v) is 7.50. The van der Waals surface area contributed by atoms with Crippen molar-refractivity contribution in [2.45, 2.75) is 6.18 Å². The first kappa shape index (κ1) is 16.7. The number of benzene rings is 2. The summed E-state index contributed by atoms with van der Waals surface area (Å²) < 4.78 is 38.3. The molecule has 1 heterocycles. The van der Waals surface area contributed by atoms with Gasteiger partial charge in [-0.1, -0.05) is 42.5 Å². The Morgan fingerprint density at radius 1 is 0.920 bits per heavy atom. The molecule has 2 aromatic carbocycles. The molecule has 1 aromatic heterocycles. The Morgan fingerprint density at radius 3 is 2.32 bits per heavy atom. The zero-order valence-electron chi connectivity index (χ0n) is 13.0. The summed E-state index contributed by atoms with van der Waals surface area (Å²) in [5.74, 6) is 0. The van der Waals surface area contributed by atoms with Crippen molar-refractivity contribution < 1.29 is 13.2 Å². The minimum atomic E-state index is -4.38. The van der Waals surface area contributed by atoms with Crippen LogP contribution in [0.3, 0.4) is 0 Å². The SMILES string of the molecule is FC(F)(F)c1ccnc(-c2ccc(C=NNc3ccccc3)cc2)c1. The summed E-state index contributed by atoms with van der Waals surface area (Å²) >= 11 is 0. The number of aromatic nitrogens is 1. The summed E-state index contributed by atoms with van der Waals surface area (Å²) in [7, 11) is 0. The van der Waals surface area contributed by atoms with Gasteiger partial charge in [0.05, 0.1) is 23.2 Å². The average Bonchev–Trinajstić information content (AvgIpc) is 2.63. The molecule has 0 aliphatic carbocycles. The van der Waals surface area contributed by atoms with Gasteiger partial charge in [-0.2, -0.15) is 18.3 Å². The number of pyridine rings is 1. The zero-order valence-corrected chi connectivity index (χ0v) is 13.0. The van der Waals surface area contributed by atoms with Crippen molar-refractivity contribution in [3.05, 3.63) is 84.1 Å². The van der Waals surface area contributed by atoms with E-state index in [9.17, 15) is 13.2 Å². The standard InChI is InChI=1S/C19H14F3N3/c20-19(21,22)16-10-11-23-18(12-16)15-8-6-14(7-9-15)13-24-25-17-4-2-1-3-5-17/h1-13,25H. The van der Waals surface area contributed by atoms with E-state index < -0.39 is 11.7 Å². The molecule has 0 saturated carbocycles. The molecule has 3 nitrogen and oxygen atoms in total. The van der Waals surface area contributed by atoms with Crippen molar-refractivity contribution in [3.8, 4) is 11.3 Å². The summed E-state index contributed by atoms with van der Waals surface area (Å²) in [5.41, 5.74) is 4.75. The van der Waals surface area contributed by atoms with Crippen LogP contribution in [0.1, 0.15) is 11.1 Å². The lowest BCUT2D eigenvalue weighted by Crippen LogP contribution is -2.05. The summed E-state index contributed by atoms with van der Waals surface area (Å²) in [5, 5.41) is 4.12. The van der Waals surface area contributed by atoms with Gasteiger partial charge in [0, 0.05) is 11.8 Å². The normalized spacial score (nSPS) is 11.6. The fraction of sp³-hybridized carbons (Fsp3) is 0.0526. The van der Waals surface area contributed by atoms with E-state index in [0.29, 0.717) is 5.56 Å². The second kappa shape index (κ2) is 7.17. The van der Waals surface area contributed by atoms with E-state index in [0.717, 1.165) is 29.6 Å². The number of alkyl halides is 3. The van der Waals surface area contributed by atoms with Crippen LogP contribution >= 0.6 is 0 Å². The number of hydrogen-bond donors (Lipinski definition) is 1. The monoisotopic (exact) mass is 341 g/mol. The first-order valence-electron chi connectivity index (χ1n) is 7.50. The molecule has 0 unspecified atom stereocenters. The highest BCUT2D eigenvalue weighted by Gasteiger charge is 2.30. The molecule has 0 radical (unpaired) electrons. The van der Waals surface area contributed by atoms with Crippen molar-refractivity contribution in [2.24, 2.45) is 5.10 Å². The first-order chi connectivity index (χ1) is 12.0. The molecule has 0 saturated heterocycles. The van der Waals surface area contributed by atoms with Crippen LogP contribution in [0.15, 0.2) is 78.0 Å². The van der Waals surface area contributed by atoms with Crippen molar-refractivity contribution in [1.29, 1.82) is 0 Å². The van der Waals surface area contributed by atoms with Crippen LogP contribution in [0.2, 0.25) is 0 Å². The van der Waals surface area contributed by atoms with Crippen LogP contribution in [0, 0.1) is 0 Å². The van der Waals surface area contributed by atoms with Gasteiger partial charge >= 0.3 is 6.18 Å². The average molecular weight is 341 g/mol. The predicted molar refractivity (Wildman–Crippen MR) is 92.3 cm³/mol. The minimum Gasteiger partial charge on any atom is -0.279 e. The van der Waals surface area contributed by atoms with E-state index in [-0.39, 0.29) is 5.69 Å². The van der Waals surface area contributed by atoms with Crippen molar-refractivity contribution in [2.75, 3.05) is 5.43 Å². The third-order valence-electron chi connectivity index (χ3n) is 3.47. The maximum absolute atomic E-state index is 12.8. The molecule has 126 valence electrons. The second-order valence-electron chi connectivity index (χ2n) is 5.29. The van der Waals surface area contributed by atoms with Gasteiger partial charge in [-0.05, 0) is 29.8 Å². The van der Waals surface area contributed by atoms with Crippen molar-refractivity contribution in [3.63, 3.8) is 0 Å². The van der Waals surface area contributed by atoms with Gasteiger partial charge in [-0.25, -0.2) is 0 Å². The van der Waals surface area contributed by atoms with E-state index in [2.05, 4.69) is 15.5 Å². The highest BCUT2D eigenvalue weighted by molar-refractivity contribution is 5.81. The molecule has 1 N–H and O–H groups in total. The molecule has 0 fully saturated rings. The number of rotatable bonds is 4. The summed E-state index contributed by atoms with van der Waals surface area (Å²) in [6.07, 6.45) is -1.58. The van der Waals surface area contributed by atoms with Crippen molar-refractivity contribution in [1.82, 2.24) is 4.98 Å². The Hall–Kier alpha value is -3.15. The fourth-order valence-electron chi connectivity index (χ4n) is 2.20. The van der Waals surface area contributed by atoms with Crippen LogP contribution in [-0.2, 0) is 6.18 Å². The van der Waals surface area contributed by atoms with Crippen LogP contribution < -0.4 is 5.43 Å². The Labute approximate surface area is 142 Å². The highest BCUT2D eigenvalue weighted by atomic mass is 19.4. The van der Waals surface area contributed by atoms with Gasteiger partial charge < -0.3 is 0 Å². The Balaban J connectivity index is 1.72.